The highest BCUT2D eigenvalue weighted by Crippen LogP contribution is 2.05. The van der Waals surface area contributed by atoms with Crippen LogP contribution in [0.25, 0.3) is 0 Å². The van der Waals surface area contributed by atoms with Crippen molar-refractivity contribution in [3.63, 3.8) is 0 Å². The maximum absolute atomic E-state index is 11.1. The molecule has 0 aliphatic heterocycles. The van der Waals surface area contributed by atoms with Crippen molar-refractivity contribution >= 4 is 17.7 Å². The SMILES string of the molecule is CSCCC(C)N(C)C(=O)CN. The lowest BCUT2D eigenvalue weighted by Crippen LogP contribution is -2.39. The van der Waals surface area contributed by atoms with Crippen LogP contribution < -0.4 is 5.73 Å². The van der Waals surface area contributed by atoms with Gasteiger partial charge in [0, 0.05) is 13.1 Å². The number of thioether (sulfide) groups is 1. The van der Waals surface area contributed by atoms with E-state index in [1.807, 2.05) is 6.92 Å². The topological polar surface area (TPSA) is 46.3 Å². The molecule has 0 saturated heterocycles. The van der Waals surface area contributed by atoms with E-state index in [-0.39, 0.29) is 12.5 Å². The van der Waals surface area contributed by atoms with Gasteiger partial charge in [-0.2, -0.15) is 11.8 Å². The Hall–Kier alpha value is -0.220. The molecule has 1 atom stereocenters. The zero-order chi connectivity index (χ0) is 9.56. The van der Waals surface area contributed by atoms with E-state index in [4.69, 9.17) is 5.73 Å². The normalized spacial score (nSPS) is 12.7. The van der Waals surface area contributed by atoms with E-state index in [0.29, 0.717) is 6.04 Å². The van der Waals surface area contributed by atoms with Gasteiger partial charge in [-0.1, -0.05) is 0 Å². The highest BCUT2D eigenvalue weighted by atomic mass is 32.2. The van der Waals surface area contributed by atoms with Crippen molar-refractivity contribution in [2.45, 2.75) is 19.4 Å². The van der Waals surface area contributed by atoms with Gasteiger partial charge in [-0.25, -0.2) is 0 Å². The molecule has 2 N–H and O–H groups in total. The molecule has 3 nitrogen and oxygen atoms in total. The Morgan fingerprint density at radius 3 is 2.67 bits per heavy atom. The molecule has 0 heterocycles. The van der Waals surface area contributed by atoms with Crippen molar-refractivity contribution < 1.29 is 4.79 Å². The monoisotopic (exact) mass is 190 g/mol. The van der Waals surface area contributed by atoms with Crippen LogP contribution in [-0.4, -0.2) is 42.4 Å². The van der Waals surface area contributed by atoms with Crippen LogP contribution in [0.2, 0.25) is 0 Å². The number of carbonyl (C=O) groups excluding carboxylic acids is 1. The van der Waals surface area contributed by atoms with Gasteiger partial charge in [-0.3, -0.25) is 4.79 Å². The Morgan fingerprint density at radius 2 is 2.25 bits per heavy atom. The summed E-state index contributed by atoms with van der Waals surface area (Å²) in [5.74, 6) is 1.10. The molecular weight excluding hydrogens is 172 g/mol. The van der Waals surface area contributed by atoms with E-state index in [9.17, 15) is 4.79 Å². The number of nitrogens with zero attached hydrogens (tertiary/aromatic N) is 1. The molecule has 0 radical (unpaired) electrons. The van der Waals surface area contributed by atoms with Gasteiger partial charge in [0.15, 0.2) is 0 Å². The van der Waals surface area contributed by atoms with Crippen LogP contribution in [0.3, 0.4) is 0 Å². The minimum atomic E-state index is 0.0172. The fourth-order valence-electron chi connectivity index (χ4n) is 0.872. The molecule has 0 aliphatic rings. The van der Waals surface area contributed by atoms with E-state index < -0.39 is 0 Å². The molecule has 0 rings (SSSR count). The number of likely N-dealkylation sites (N-methyl/N-ethyl adjacent to an activating group) is 1. The maximum atomic E-state index is 11.1. The van der Waals surface area contributed by atoms with E-state index >= 15 is 0 Å². The van der Waals surface area contributed by atoms with Crippen LogP contribution in [0, 0.1) is 0 Å². The fourth-order valence-corrected chi connectivity index (χ4v) is 1.45. The van der Waals surface area contributed by atoms with Crippen molar-refractivity contribution in [1.82, 2.24) is 4.90 Å². The third-order valence-electron chi connectivity index (χ3n) is 1.97. The molecule has 0 aromatic heterocycles. The van der Waals surface area contributed by atoms with Gasteiger partial charge >= 0.3 is 0 Å². The number of amides is 1. The number of hydrogen-bond donors (Lipinski definition) is 1. The van der Waals surface area contributed by atoms with E-state index in [0.717, 1.165) is 12.2 Å². The number of carbonyl (C=O) groups is 1. The lowest BCUT2D eigenvalue weighted by atomic mass is 10.2. The van der Waals surface area contributed by atoms with Crippen molar-refractivity contribution in [3.05, 3.63) is 0 Å². The standard InChI is InChI=1S/C8H18N2OS/c1-7(4-5-12-3)10(2)8(11)6-9/h7H,4-6,9H2,1-3H3. The van der Waals surface area contributed by atoms with Gasteiger partial charge in [0.2, 0.25) is 5.91 Å². The molecule has 0 spiro atoms. The first-order chi connectivity index (χ1) is 5.63. The Balaban J connectivity index is 3.75. The molecular formula is C8H18N2OS. The molecule has 0 saturated carbocycles. The summed E-state index contributed by atoms with van der Waals surface area (Å²) in [5.41, 5.74) is 5.24. The average molecular weight is 190 g/mol. The summed E-state index contributed by atoms with van der Waals surface area (Å²) in [6.07, 6.45) is 3.10. The van der Waals surface area contributed by atoms with E-state index in [1.165, 1.54) is 0 Å². The van der Waals surface area contributed by atoms with Crippen LogP contribution in [0.5, 0.6) is 0 Å². The van der Waals surface area contributed by atoms with Crippen LogP contribution in [-0.2, 0) is 4.79 Å². The van der Waals surface area contributed by atoms with Crippen molar-refractivity contribution in [2.24, 2.45) is 5.73 Å². The summed E-state index contributed by atoms with van der Waals surface area (Å²) in [6.45, 7) is 2.16. The maximum Gasteiger partial charge on any atom is 0.236 e. The number of hydrogen-bond acceptors (Lipinski definition) is 3. The molecule has 4 heteroatoms. The van der Waals surface area contributed by atoms with Crippen LogP contribution in [0.15, 0.2) is 0 Å². The quantitative estimate of drug-likeness (QED) is 0.688. The Labute approximate surface area is 78.7 Å². The van der Waals surface area contributed by atoms with Gasteiger partial charge in [-0.05, 0) is 25.4 Å². The van der Waals surface area contributed by atoms with Gasteiger partial charge in [0.1, 0.15) is 0 Å². The Kier molecular flexibility index (Phi) is 6.20. The van der Waals surface area contributed by atoms with Crippen molar-refractivity contribution in [3.8, 4) is 0 Å². The molecule has 1 amide bonds. The van der Waals surface area contributed by atoms with E-state index in [1.54, 1.807) is 23.7 Å². The fraction of sp³-hybridized carbons (Fsp3) is 0.875. The van der Waals surface area contributed by atoms with Gasteiger partial charge in [0.05, 0.1) is 6.54 Å². The highest BCUT2D eigenvalue weighted by molar-refractivity contribution is 7.98. The van der Waals surface area contributed by atoms with Gasteiger partial charge in [0.25, 0.3) is 0 Å². The van der Waals surface area contributed by atoms with Crippen LogP contribution in [0.4, 0.5) is 0 Å². The zero-order valence-electron chi connectivity index (χ0n) is 8.04. The summed E-state index contributed by atoms with van der Waals surface area (Å²) >= 11 is 1.80. The summed E-state index contributed by atoms with van der Waals surface area (Å²) in [4.78, 5) is 12.8. The lowest BCUT2D eigenvalue weighted by molar-refractivity contribution is -0.130. The largest absolute Gasteiger partial charge is 0.342 e. The molecule has 0 aliphatic carbocycles. The molecule has 0 bridgehead atoms. The summed E-state index contributed by atoms with van der Waals surface area (Å²) in [5, 5.41) is 0. The van der Waals surface area contributed by atoms with Crippen molar-refractivity contribution in [2.75, 3.05) is 25.6 Å². The van der Waals surface area contributed by atoms with Crippen LogP contribution >= 0.6 is 11.8 Å². The minimum Gasteiger partial charge on any atom is -0.342 e. The van der Waals surface area contributed by atoms with Gasteiger partial charge < -0.3 is 10.6 Å². The van der Waals surface area contributed by atoms with Crippen LogP contribution in [0.1, 0.15) is 13.3 Å². The first-order valence-electron chi connectivity index (χ1n) is 4.08. The third kappa shape index (κ3) is 3.97. The number of nitrogens with two attached hydrogens (primary N) is 1. The third-order valence-corrected chi connectivity index (χ3v) is 2.61. The second-order valence-corrected chi connectivity index (χ2v) is 3.82. The predicted octanol–water partition coefficient (Wildman–Crippen LogP) is 0.545. The molecule has 1 unspecified atom stereocenters. The second kappa shape index (κ2) is 6.31. The molecule has 0 aromatic rings. The second-order valence-electron chi connectivity index (χ2n) is 2.84. The zero-order valence-corrected chi connectivity index (χ0v) is 8.86. The highest BCUT2D eigenvalue weighted by Gasteiger charge is 2.12. The Morgan fingerprint density at radius 1 is 1.67 bits per heavy atom. The molecule has 0 fully saturated rings. The molecule has 12 heavy (non-hydrogen) atoms. The molecule has 72 valence electrons. The lowest BCUT2D eigenvalue weighted by Gasteiger charge is -2.24. The smallest absolute Gasteiger partial charge is 0.236 e. The molecule has 0 aromatic carbocycles. The van der Waals surface area contributed by atoms with Gasteiger partial charge in [-0.15, -0.1) is 0 Å². The first-order valence-corrected chi connectivity index (χ1v) is 5.47. The summed E-state index contributed by atoms with van der Waals surface area (Å²) in [7, 11) is 1.81. The predicted molar refractivity (Wildman–Crippen MR) is 54.3 cm³/mol. The first kappa shape index (κ1) is 11.8. The number of rotatable bonds is 5. The van der Waals surface area contributed by atoms with E-state index in [2.05, 4.69) is 6.26 Å². The Bertz CT molecular complexity index is 141. The summed E-state index contributed by atoms with van der Waals surface area (Å²) < 4.78 is 0. The minimum absolute atomic E-state index is 0.0172. The summed E-state index contributed by atoms with van der Waals surface area (Å²) in [6, 6.07) is 0.300. The average Bonchev–Trinajstić information content (AvgIpc) is 2.11. The van der Waals surface area contributed by atoms with Crippen molar-refractivity contribution in [1.29, 1.82) is 0 Å².